The Labute approximate surface area is 205 Å². The molecule has 6 nitrogen and oxygen atoms in total. The zero-order valence-electron chi connectivity index (χ0n) is 19.9. The van der Waals surface area contributed by atoms with Crippen molar-refractivity contribution in [1.29, 1.82) is 0 Å². The summed E-state index contributed by atoms with van der Waals surface area (Å²) in [7, 11) is 3.26. The van der Waals surface area contributed by atoms with Gasteiger partial charge in [-0.1, -0.05) is 37.3 Å². The largest absolute Gasteiger partial charge is 0.497 e. The van der Waals surface area contributed by atoms with Crippen LogP contribution in [0.25, 0.3) is 22.4 Å². The molecule has 0 bridgehead atoms. The highest BCUT2D eigenvalue weighted by molar-refractivity contribution is 6.32. The maximum Gasteiger partial charge on any atom is 0.243 e. The molecule has 0 aliphatic heterocycles. The first-order chi connectivity index (χ1) is 16.6. The molecule has 2 aliphatic rings. The number of fused-ring (bicyclic) bond motifs is 1. The number of rotatable bonds is 7. The third kappa shape index (κ3) is 4.36. The maximum absolute atomic E-state index is 13.9. The highest BCUT2D eigenvalue weighted by atomic mass is 35.5. The molecule has 2 aromatic carbocycles. The van der Waals surface area contributed by atoms with Crippen LogP contribution in [0, 0.1) is 5.92 Å². The van der Waals surface area contributed by atoms with Gasteiger partial charge >= 0.3 is 0 Å². The van der Waals surface area contributed by atoms with Crippen molar-refractivity contribution in [3.8, 4) is 22.9 Å². The second kappa shape index (κ2) is 9.87. The third-order valence-corrected chi connectivity index (χ3v) is 7.70. The first kappa shape index (κ1) is 23.0. The minimum absolute atomic E-state index is 0.0989. The van der Waals surface area contributed by atoms with Crippen LogP contribution in [0.1, 0.15) is 57.4 Å². The van der Waals surface area contributed by atoms with Crippen molar-refractivity contribution < 1.29 is 14.3 Å². The van der Waals surface area contributed by atoms with Crippen molar-refractivity contribution in [1.82, 2.24) is 14.9 Å². The highest BCUT2D eigenvalue weighted by Gasteiger charge is 2.36. The third-order valence-electron chi connectivity index (χ3n) is 7.40. The number of aromatic nitrogens is 2. The lowest BCUT2D eigenvalue weighted by molar-refractivity contribution is -0.126. The van der Waals surface area contributed by atoms with Gasteiger partial charge in [0.25, 0.3) is 0 Å². The lowest BCUT2D eigenvalue weighted by atomic mass is 9.95. The normalized spacial score (nSPS) is 17.9. The van der Waals surface area contributed by atoms with E-state index >= 15 is 0 Å². The molecule has 1 atom stereocenters. The summed E-state index contributed by atoms with van der Waals surface area (Å²) < 4.78 is 13.0. The minimum Gasteiger partial charge on any atom is -0.497 e. The average molecular weight is 482 g/mol. The van der Waals surface area contributed by atoms with Crippen molar-refractivity contribution in [3.05, 3.63) is 41.4 Å². The van der Waals surface area contributed by atoms with Crippen molar-refractivity contribution in [2.45, 2.75) is 63.5 Å². The summed E-state index contributed by atoms with van der Waals surface area (Å²) in [5.41, 5.74) is 2.59. The monoisotopic (exact) mass is 481 g/mol. The van der Waals surface area contributed by atoms with Crippen LogP contribution in [0.5, 0.6) is 11.5 Å². The van der Waals surface area contributed by atoms with Gasteiger partial charge in [-0.25, -0.2) is 4.98 Å². The van der Waals surface area contributed by atoms with E-state index < -0.39 is 0 Å². The fourth-order valence-electron chi connectivity index (χ4n) is 5.66. The molecule has 1 amide bonds. The van der Waals surface area contributed by atoms with E-state index in [0.29, 0.717) is 10.8 Å². The van der Waals surface area contributed by atoms with Gasteiger partial charge in [0, 0.05) is 17.7 Å². The van der Waals surface area contributed by atoms with Gasteiger partial charge < -0.3 is 19.4 Å². The van der Waals surface area contributed by atoms with E-state index in [0.717, 1.165) is 66.7 Å². The van der Waals surface area contributed by atoms with E-state index in [1.54, 1.807) is 14.2 Å². The quantitative estimate of drug-likeness (QED) is 0.438. The highest BCUT2D eigenvalue weighted by Crippen LogP contribution is 2.41. The van der Waals surface area contributed by atoms with Gasteiger partial charge in [-0.3, -0.25) is 4.79 Å². The summed E-state index contributed by atoms with van der Waals surface area (Å²) in [4.78, 5) is 18.9. The SMILES string of the molecule is COc1ccc2nc(-c3ccc(OC)c(Cl)c3)n(C(C(=O)NC3CCCC3)C3CCCC3)c2c1. The molecule has 1 aromatic heterocycles. The smallest absolute Gasteiger partial charge is 0.243 e. The number of halogens is 1. The standard InChI is InChI=1S/C27H32ClN3O3/c1-33-20-12-13-22-23(16-20)31(26(30-22)18-11-14-24(34-2)21(28)15-18)25(17-7-3-4-8-17)27(32)29-19-9-5-6-10-19/h11-17,19,25H,3-10H2,1-2H3,(H,29,32). The average Bonchev–Trinajstić information content (AvgIpc) is 3.61. The van der Waals surface area contributed by atoms with Gasteiger partial charge in [-0.05, 0) is 61.9 Å². The molecular formula is C27H32ClN3O3. The molecule has 2 aliphatic carbocycles. The number of ether oxygens (including phenoxy) is 2. The van der Waals surface area contributed by atoms with Crippen LogP contribution < -0.4 is 14.8 Å². The molecule has 1 N–H and O–H groups in total. The van der Waals surface area contributed by atoms with Crippen LogP contribution in [-0.2, 0) is 4.79 Å². The molecule has 2 fully saturated rings. The van der Waals surface area contributed by atoms with Gasteiger partial charge in [-0.15, -0.1) is 0 Å². The van der Waals surface area contributed by atoms with Crippen molar-refractivity contribution in [3.63, 3.8) is 0 Å². The first-order valence-electron chi connectivity index (χ1n) is 12.3. The van der Waals surface area contributed by atoms with Gasteiger partial charge in [0.1, 0.15) is 23.4 Å². The number of hydrogen-bond donors (Lipinski definition) is 1. The summed E-state index contributed by atoms with van der Waals surface area (Å²) in [6.07, 6.45) is 8.85. The first-order valence-corrected chi connectivity index (χ1v) is 12.7. The predicted octanol–water partition coefficient (Wildman–Crippen LogP) is 6.16. The van der Waals surface area contributed by atoms with Crippen molar-refractivity contribution in [2.24, 2.45) is 5.92 Å². The zero-order valence-corrected chi connectivity index (χ0v) is 20.6. The van der Waals surface area contributed by atoms with E-state index in [4.69, 9.17) is 26.1 Å². The van der Waals surface area contributed by atoms with Crippen molar-refractivity contribution in [2.75, 3.05) is 14.2 Å². The van der Waals surface area contributed by atoms with Crippen LogP contribution >= 0.6 is 11.6 Å². The number of hydrogen-bond acceptors (Lipinski definition) is 4. The summed E-state index contributed by atoms with van der Waals surface area (Å²) in [5.74, 6) is 2.46. The van der Waals surface area contributed by atoms with Crippen LogP contribution in [0.3, 0.4) is 0 Å². The molecule has 1 unspecified atom stereocenters. The van der Waals surface area contributed by atoms with Gasteiger partial charge in [0.2, 0.25) is 5.91 Å². The minimum atomic E-state index is -0.337. The molecule has 34 heavy (non-hydrogen) atoms. The van der Waals surface area contributed by atoms with E-state index in [1.807, 2.05) is 36.4 Å². The molecule has 180 valence electrons. The van der Waals surface area contributed by atoms with E-state index in [2.05, 4.69) is 9.88 Å². The Morgan fingerprint density at radius 2 is 1.76 bits per heavy atom. The molecular weight excluding hydrogens is 450 g/mol. The maximum atomic E-state index is 13.9. The van der Waals surface area contributed by atoms with Crippen LogP contribution in [0.2, 0.25) is 5.02 Å². The fourth-order valence-corrected chi connectivity index (χ4v) is 5.92. The Morgan fingerprint density at radius 3 is 2.44 bits per heavy atom. The molecule has 0 spiro atoms. The lowest BCUT2D eigenvalue weighted by Gasteiger charge is -2.28. The number of imidazole rings is 1. The van der Waals surface area contributed by atoms with Gasteiger partial charge in [0.05, 0.1) is 30.3 Å². The topological polar surface area (TPSA) is 65.4 Å². The summed E-state index contributed by atoms with van der Waals surface area (Å²) >= 11 is 6.50. The molecule has 5 rings (SSSR count). The summed E-state index contributed by atoms with van der Waals surface area (Å²) in [5, 5.41) is 3.90. The number of benzene rings is 2. The van der Waals surface area contributed by atoms with Crippen LogP contribution in [0.4, 0.5) is 0 Å². The molecule has 0 saturated heterocycles. The number of amides is 1. The van der Waals surface area contributed by atoms with Crippen molar-refractivity contribution >= 4 is 28.5 Å². The Hall–Kier alpha value is -2.73. The Kier molecular flexibility index (Phi) is 6.68. The molecule has 1 heterocycles. The van der Waals surface area contributed by atoms with Crippen LogP contribution in [0.15, 0.2) is 36.4 Å². The van der Waals surface area contributed by atoms with E-state index in [9.17, 15) is 4.79 Å². The zero-order chi connectivity index (χ0) is 23.7. The number of methoxy groups -OCH3 is 2. The number of nitrogens with zero attached hydrogens (tertiary/aromatic N) is 2. The Balaban J connectivity index is 1.68. The van der Waals surface area contributed by atoms with Gasteiger partial charge in [0.15, 0.2) is 0 Å². The fraction of sp³-hybridized carbons (Fsp3) is 0.481. The second-order valence-corrected chi connectivity index (χ2v) is 9.90. The van der Waals surface area contributed by atoms with E-state index in [-0.39, 0.29) is 23.9 Å². The molecule has 7 heteroatoms. The number of carbonyl (C=O) groups is 1. The Bertz CT molecular complexity index is 1180. The number of carbonyl (C=O) groups excluding carboxylic acids is 1. The predicted molar refractivity (Wildman–Crippen MR) is 135 cm³/mol. The summed E-state index contributed by atoms with van der Waals surface area (Å²) in [6, 6.07) is 11.5. The second-order valence-electron chi connectivity index (χ2n) is 9.49. The molecule has 0 radical (unpaired) electrons. The van der Waals surface area contributed by atoms with Gasteiger partial charge in [-0.2, -0.15) is 0 Å². The molecule has 2 saturated carbocycles. The Morgan fingerprint density at radius 1 is 1.03 bits per heavy atom. The summed E-state index contributed by atoms with van der Waals surface area (Å²) in [6.45, 7) is 0. The molecule has 3 aromatic rings. The lowest BCUT2D eigenvalue weighted by Crippen LogP contribution is -2.41. The van der Waals surface area contributed by atoms with Crippen LogP contribution in [-0.4, -0.2) is 35.7 Å². The van der Waals surface area contributed by atoms with E-state index in [1.165, 1.54) is 12.8 Å². The number of nitrogens with one attached hydrogen (secondary N) is 1.